The fourth-order valence-corrected chi connectivity index (χ4v) is 4.46. The summed E-state index contributed by atoms with van der Waals surface area (Å²) in [7, 11) is 0. The van der Waals surface area contributed by atoms with Gasteiger partial charge in [-0.05, 0) is 47.6 Å². The lowest BCUT2D eigenvalue weighted by Gasteiger charge is -2.46. The Bertz CT molecular complexity index is 1100. The van der Waals surface area contributed by atoms with Crippen molar-refractivity contribution in [2.75, 3.05) is 0 Å². The molecule has 4 rings (SSSR count). The molecule has 2 unspecified atom stereocenters. The lowest BCUT2D eigenvalue weighted by molar-refractivity contribution is 0.0740. The molecule has 7 heteroatoms. The molecule has 2 atom stereocenters. The highest BCUT2D eigenvalue weighted by molar-refractivity contribution is 7.80. The molecule has 0 aromatic heterocycles. The first-order valence-electron chi connectivity index (χ1n) is 9.55. The lowest BCUT2D eigenvalue weighted by atomic mass is 9.65. The molecule has 4 nitrogen and oxygen atoms in total. The van der Waals surface area contributed by atoms with Gasteiger partial charge in [0.25, 0.3) is 0 Å². The zero-order chi connectivity index (χ0) is 22.0. The fraction of sp³-hybridized carbons (Fsp3) is 0.125. The summed E-state index contributed by atoms with van der Waals surface area (Å²) in [5, 5.41) is 18.4. The second kappa shape index (κ2) is 8.68. The average molecular weight is 466 g/mol. The Hall–Kier alpha value is -2.91. The van der Waals surface area contributed by atoms with Gasteiger partial charge in [-0.3, -0.25) is 4.79 Å². The minimum absolute atomic E-state index is 0.307. The zero-order valence-corrected chi connectivity index (χ0v) is 18.5. The number of carbonyl (C=O) groups excluding carboxylic acids is 1. The van der Waals surface area contributed by atoms with Gasteiger partial charge in [0.2, 0.25) is 0 Å². The van der Waals surface area contributed by atoms with Gasteiger partial charge in [0.05, 0.1) is 18.2 Å². The number of hydrogen-bond donors (Lipinski definition) is 2. The minimum Gasteiger partial charge on any atom is -0.354 e. The highest BCUT2D eigenvalue weighted by Crippen LogP contribution is 2.48. The highest BCUT2D eigenvalue weighted by Gasteiger charge is 2.56. The number of nitrogens with one attached hydrogen (secondary N) is 2. The molecule has 1 aliphatic rings. The number of thiocarbonyl (C=S) groups is 1. The third-order valence-electron chi connectivity index (χ3n) is 5.46. The molecule has 0 aliphatic carbocycles. The molecular weight excluding hydrogens is 449 g/mol. The van der Waals surface area contributed by atoms with E-state index < -0.39 is 17.5 Å². The molecule has 154 valence electrons. The Kier molecular flexibility index (Phi) is 5.97. The summed E-state index contributed by atoms with van der Waals surface area (Å²) in [4.78, 5) is 14.0. The van der Waals surface area contributed by atoms with Crippen molar-refractivity contribution in [1.82, 2.24) is 10.6 Å². The maximum atomic E-state index is 14.0. The van der Waals surface area contributed by atoms with Crippen molar-refractivity contribution in [3.8, 4) is 6.07 Å². The SMILES string of the molecule is N#CC1(C(=O)c2ccccc2)C(c2ccc(Cl)cc2)NC(=S)NC1c1ccc(Cl)cc1. The molecule has 0 bridgehead atoms. The van der Waals surface area contributed by atoms with E-state index in [2.05, 4.69) is 16.7 Å². The standard InChI is InChI=1S/C24H17Cl2N3OS/c25-18-10-6-15(7-11-18)20-24(14-27,22(30)17-4-2-1-3-5-17)21(29-23(31)28-20)16-8-12-19(26)13-9-16/h1-13,20-21H,(H2,28,29,31). The minimum atomic E-state index is -1.54. The topological polar surface area (TPSA) is 64.9 Å². The van der Waals surface area contributed by atoms with Gasteiger partial charge in [-0.1, -0.05) is 77.8 Å². The van der Waals surface area contributed by atoms with Crippen LogP contribution in [0.1, 0.15) is 33.6 Å². The summed E-state index contributed by atoms with van der Waals surface area (Å²) in [6.45, 7) is 0. The van der Waals surface area contributed by atoms with Crippen LogP contribution in [0.5, 0.6) is 0 Å². The highest BCUT2D eigenvalue weighted by atomic mass is 35.5. The molecule has 0 spiro atoms. The monoisotopic (exact) mass is 465 g/mol. The summed E-state index contributed by atoms with van der Waals surface area (Å²) >= 11 is 17.6. The van der Waals surface area contributed by atoms with Gasteiger partial charge in [0, 0.05) is 15.6 Å². The van der Waals surface area contributed by atoms with Crippen molar-refractivity contribution < 1.29 is 4.79 Å². The number of halogens is 2. The number of nitriles is 1. The van der Waals surface area contributed by atoms with Crippen molar-refractivity contribution in [2.24, 2.45) is 5.41 Å². The number of rotatable bonds is 4. The van der Waals surface area contributed by atoms with Gasteiger partial charge in [-0.25, -0.2) is 0 Å². The fourth-order valence-electron chi connectivity index (χ4n) is 3.97. The predicted octanol–water partition coefficient (Wildman–Crippen LogP) is 5.65. The van der Waals surface area contributed by atoms with Crippen LogP contribution >= 0.6 is 35.4 Å². The summed E-state index contributed by atoms with van der Waals surface area (Å²) in [5.74, 6) is -0.307. The van der Waals surface area contributed by atoms with Crippen LogP contribution in [0.15, 0.2) is 78.9 Å². The van der Waals surface area contributed by atoms with E-state index in [-0.39, 0.29) is 5.78 Å². The van der Waals surface area contributed by atoms with Crippen LogP contribution in [0, 0.1) is 16.7 Å². The zero-order valence-electron chi connectivity index (χ0n) is 16.2. The normalized spacial score (nSPS) is 22.7. The maximum absolute atomic E-state index is 14.0. The van der Waals surface area contributed by atoms with E-state index in [1.807, 2.05) is 6.07 Å². The molecule has 1 aliphatic heterocycles. The van der Waals surface area contributed by atoms with Crippen molar-refractivity contribution in [3.05, 3.63) is 106 Å². The van der Waals surface area contributed by atoms with Gasteiger partial charge in [0.15, 0.2) is 16.3 Å². The summed E-state index contributed by atoms with van der Waals surface area (Å²) in [6, 6.07) is 23.9. The molecule has 1 saturated heterocycles. The third-order valence-corrected chi connectivity index (χ3v) is 6.20. The molecule has 3 aromatic carbocycles. The lowest BCUT2D eigenvalue weighted by Crippen LogP contribution is -2.60. The molecule has 1 heterocycles. The Morgan fingerprint density at radius 1 is 0.839 bits per heavy atom. The second-order valence-electron chi connectivity index (χ2n) is 7.26. The Morgan fingerprint density at radius 3 is 1.71 bits per heavy atom. The number of ketones is 1. The molecule has 31 heavy (non-hydrogen) atoms. The smallest absolute Gasteiger partial charge is 0.188 e. The van der Waals surface area contributed by atoms with Crippen LogP contribution in [-0.4, -0.2) is 10.9 Å². The second-order valence-corrected chi connectivity index (χ2v) is 8.54. The largest absolute Gasteiger partial charge is 0.354 e. The summed E-state index contributed by atoms with van der Waals surface area (Å²) in [6.07, 6.45) is 0. The van der Waals surface area contributed by atoms with Crippen molar-refractivity contribution in [3.63, 3.8) is 0 Å². The van der Waals surface area contributed by atoms with Crippen molar-refractivity contribution in [2.45, 2.75) is 12.1 Å². The van der Waals surface area contributed by atoms with E-state index in [0.29, 0.717) is 20.7 Å². The van der Waals surface area contributed by atoms with E-state index in [0.717, 1.165) is 11.1 Å². The van der Waals surface area contributed by atoms with Gasteiger partial charge in [-0.2, -0.15) is 5.26 Å². The first-order chi connectivity index (χ1) is 15.0. The molecule has 0 saturated carbocycles. The number of Topliss-reactive ketones (excluding diaryl/α,β-unsaturated/α-hetero) is 1. The Labute approximate surface area is 195 Å². The maximum Gasteiger partial charge on any atom is 0.188 e. The van der Waals surface area contributed by atoms with Crippen LogP contribution in [0.3, 0.4) is 0 Å². The van der Waals surface area contributed by atoms with Gasteiger partial charge in [0.1, 0.15) is 0 Å². The number of nitrogens with zero attached hydrogens (tertiary/aromatic N) is 1. The molecular formula is C24H17Cl2N3OS. The van der Waals surface area contributed by atoms with Crippen LogP contribution < -0.4 is 10.6 Å². The average Bonchev–Trinajstić information content (AvgIpc) is 2.80. The summed E-state index contributed by atoms with van der Waals surface area (Å²) in [5.41, 5.74) is 0.375. The van der Waals surface area contributed by atoms with Crippen LogP contribution in [0.4, 0.5) is 0 Å². The molecule has 1 fully saturated rings. The van der Waals surface area contributed by atoms with Crippen LogP contribution in [-0.2, 0) is 0 Å². The van der Waals surface area contributed by atoms with E-state index >= 15 is 0 Å². The van der Waals surface area contributed by atoms with Crippen molar-refractivity contribution >= 4 is 46.3 Å². The first kappa shape index (κ1) is 21.3. The van der Waals surface area contributed by atoms with Gasteiger partial charge >= 0.3 is 0 Å². The predicted molar refractivity (Wildman–Crippen MR) is 126 cm³/mol. The van der Waals surface area contributed by atoms with E-state index in [1.54, 1.807) is 72.8 Å². The Balaban J connectivity index is 1.95. The molecule has 2 N–H and O–H groups in total. The molecule has 0 amide bonds. The first-order valence-corrected chi connectivity index (χ1v) is 10.7. The molecule has 3 aromatic rings. The van der Waals surface area contributed by atoms with E-state index in [4.69, 9.17) is 35.4 Å². The van der Waals surface area contributed by atoms with E-state index in [9.17, 15) is 10.1 Å². The van der Waals surface area contributed by atoms with Crippen LogP contribution in [0.25, 0.3) is 0 Å². The Morgan fingerprint density at radius 2 is 1.29 bits per heavy atom. The summed E-state index contributed by atoms with van der Waals surface area (Å²) < 4.78 is 0. The van der Waals surface area contributed by atoms with E-state index in [1.165, 1.54) is 0 Å². The number of carbonyl (C=O) groups is 1. The van der Waals surface area contributed by atoms with Crippen molar-refractivity contribution in [1.29, 1.82) is 5.26 Å². The van der Waals surface area contributed by atoms with Crippen LogP contribution in [0.2, 0.25) is 10.0 Å². The quantitative estimate of drug-likeness (QED) is 0.385. The number of hydrogen-bond acceptors (Lipinski definition) is 3. The number of benzene rings is 3. The molecule has 0 radical (unpaired) electrons. The van der Waals surface area contributed by atoms with Gasteiger partial charge < -0.3 is 10.6 Å². The third kappa shape index (κ3) is 3.90. The van der Waals surface area contributed by atoms with Gasteiger partial charge in [-0.15, -0.1) is 0 Å².